The molecular weight excluding hydrogens is 244 g/mol. The SMILES string of the molecule is C[Si](C)(C)OCC1=C(c2ccccc2)C(=O)N=N1. The van der Waals surface area contributed by atoms with Gasteiger partial charge < -0.3 is 4.43 Å². The van der Waals surface area contributed by atoms with Crippen molar-refractivity contribution >= 4 is 19.8 Å². The largest absolute Gasteiger partial charge is 0.412 e. The summed E-state index contributed by atoms with van der Waals surface area (Å²) in [5.41, 5.74) is 2.05. The number of carbonyl (C=O) groups excluding carboxylic acids is 1. The second-order valence-corrected chi connectivity index (χ2v) is 9.61. The van der Waals surface area contributed by atoms with Gasteiger partial charge in [0, 0.05) is 0 Å². The fraction of sp³-hybridized carbons (Fsp3) is 0.308. The topological polar surface area (TPSA) is 51.0 Å². The fourth-order valence-electron chi connectivity index (χ4n) is 1.61. The Kier molecular flexibility index (Phi) is 3.54. The third-order valence-corrected chi connectivity index (χ3v) is 3.48. The predicted octanol–water partition coefficient (Wildman–Crippen LogP) is 3.24. The molecule has 1 heterocycles. The summed E-state index contributed by atoms with van der Waals surface area (Å²) in [5.74, 6) is -0.282. The van der Waals surface area contributed by atoms with Crippen LogP contribution in [0, 0.1) is 0 Å². The summed E-state index contributed by atoms with van der Waals surface area (Å²) < 4.78 is 5.79. The molecule has 1 amide bonds. The first kappa shape index (κ1) is 12.9. The Balaban J connectivity index is 2.27. The zero-order chi connectivity index (χ0) is 13.2. The predicted molar refractivity (Wildman–Crippen MR) is 72.5 cm³/mol. The summed E-state index contributed by atoms with van der Waals surface area (Å²) in [6, 6.07) is 9.47. The van der Waals surface area contributed by atoms with Crippen LogP contribution in [0.25, 0.3) is 5.57 Å². The number of hydrogen-bond donors (Lipinski definition) is 0. The van der Waals surface area contributed by atoms with E-state index in [1.54, 1.807) is 0 Å². The zero-order valence-corrected chi connectivity index (χ0v) is 11.8. The van der Waals surface area contributed by atoms with Crippen molar-refractivity contribution in [1.82, 2.24) is 0 Å². The van der Waals surface area contributed by atoms with E-state index in [1.165, 1.54) is 0 Å². The van der Waals surface area contributed by atoms with E-state index in [2.05, 4.69) is 29.9 Å². The lowest BCUT2D eigenvalue weighted by Gasteiger charge is -2.16. The van der Waals surface area contributed by atoms with Crippen LogP contribution >= 0.6 is 0 Å². The van der Waals surface area contributed by atoms with Crippen LogP contribution in [0.1, 0.15) is 5.56 Å². The highest BCUT2D eigenvalue weighted by Crippen LogP contribution is 2.27. The van der Waals surface area contributed by atoms with Crippen LogP contribution in [0.3, 0.4) is 0 Å². The van der Waals surface area contributed by atoms with Gasteiger partial charge in [-0.3, -0.25) is 4.79 Å². The number of benzene rings is 1. The molecule has 4 nitrogen and oxygen atoms in total. The van der Waals surface area contributed by atoms with Crippen molar-refractivity contribution in [1.29, 1.82) is 0 Å². The van der Waals surface area contributed by atoms with Gasteiger partial charge in [-0.25, -0.2) is 0 Å². The molecule has 1 aliphatic heterocycles. The van der Waals surface area contributed by atoms with Crippen molar-refractivity contribution in [2.45, 2.75) is 19.6 Å². The van der Waals surface area contributed by atoms with E-state index in [9.17, 15) is 4.79 Å². The Morgan fingerprint density at radius 1 is 1.11 bits per heavy atom. The van der Waals surface area contributed by atoms with Gasteiger partial charge in [0.25, 0.3) is 5.91 Å². The Hall–Kier alpha value is -1.59. The minimum Gasteiger partial charge on any atom is -0.412 e. The molecular formula is C13H16N2O2Si. The van der Waals surface area contributed by atoms with Gasteiger partial charge >= 0.3 is 0 Å². The zero-order valence-electron chi connectivity index (χ0n) is 10.8. The van der Waals surface area contributed by atoms with Crippen LogP contribution in [-0.4, -0.2) is 20.8 Å². The van der Waals surface area contributed by atoms with Crippen molar-refractivity contribution in [3.63, 3.8) is 0 Å². The van der Waals surface area contributed by atoms with Crippen molar-refractivity contribution < 1.29 is 9.22 Å². The Morgan fingerprint density at radius 3 is 2.39 bits per heavy atom. The highest BCUT2D eigenvalue weighted by molar-refractivity contribution is 6.69. The van der Waals surface area contributed by atoms with Crippen LogP contribution in [0.4, 0.5) is 0 Å². The normalized spacial score (nSPS) is 15.6. The highest BCUT2D eigenvalue weighted by Gasteiger charge is 2.24. The van der Waals surface area contributed by atoms with E-state index in [4.69, 9.17) is 4.43 Å². The van der Waals surface area contributed by atoms with E-state index >= 15 is 0 Å². The van der Waals surface area contributed by atoms with Crippen LogP contribution in [0.5, 0.6) is 0 Å². The molecule has 0 aliphatic carbocycles. The summed E-state index contributed by atoms with van der Waals surface area (Å²) in [5, 5.41) is 7.55. The fourth-order valence-corrected chi connectivity index (χ4v) is 2.18. The first-order chi connectivity index (χ1) is 8.47. The molecule has 18 heavy (non-hydrogen) atoms. The van der Waals surface area contributed by atoms with Gasteiger partial charge in [-0.1, -0.05) is 30.3 Å². The van der Waals surface area contributed by atoms with Crippen molar-refractivity contribution in [2.75, 3.05) is 6.61 Å². The van der Waals surface area contributed by atoms with Crippen molar-refractivity contribution in [3.8, 4) is 0 Å². The molecule has 1 aliphatic rings. The molecule has 0 saturated heterocycles. The lowest BCUT2D eigenvalue weighted by molar-refractivity contribution is -0.112. The molecule has 0 N–H and O–H groups in total. The number of carbonyl (C=O) groups is 1. The molecule has 0 fully saturated rings. The average molecular weight is 260 g/mol. The Labute approximate surface area is 108 Å². The molecule has 0 atom stereocenters. The van der Waals surface area contributed by atoms with Gasteiger partial charge in [-0.2, -0.15) is 0 Å². The molecule has 0 saturated carbocycles. The Morgan fingerprint density at radius 2 is 1.78 bits per heavy atom. The van der Waals surface area contributed by atoms with Crippen LogP contribution in [0.15, 0.2) is 46.3 Å². The van der Waals surface area contributed by atoms with Gasteiger partial charge in [0.15, 0.2) is 8.32 Å². The smallest absolute Gasteiger partial charge is 0.298 e. The maximum Gasteiger partial charge on any atom is 0.298 e. The van der Waals surface area contributed by atoms with Gasteiger partial charge in [0.05, 0.1) is 12.2 Å². The van der Waals surface area contributed by atoms with Crippen molar-refractivity contribution in [2.24, 2.45) is 10.2 Å². The molecule has 0 aromatic heterocycles. The van der Waals surface area contributed by atoms with Crippen LogP contribution in [0.2, 0.25) is 19.6 Å². The van der Waals surface area contributed by atoms with E-state index in [1.807, 2.05) is 30.3 Å². The summed E-state index contributed by atoms with van der Waals surface area (Å²) in [4.78, 5) is 11.7. The van der Waals surface area contributed by atoms with E-state index in [0.29, 0.717) is 17.9 Å². The van der Waals surface area contributed by atoms with Crippen LogP contribution < -0.4 is 0 Å². The molecule has 2 rings (SSSR count). The maximum absolute atomic E-state index is 11.7. The second kappa shape index (κ2) is 4.95. The number of hydrogen-bond acceptors (Lipinski definition) is 3. The number of azo groups is 1. The molecule has 0 bridgehead atoms. The first-order valence-corrected chi connectivity index (χ1v) is 9.27. The molecule has 1 aromatic carbocycles. The lowest BCUT2D eigenvalue weighted by Crippen LogP contribution is -2.26. The van der Waals surface area contributed by atoms with Gasteiger partial charge in [-0.05, 0) is 25.2 Å². The maximum atomic E-state index is 11.7. The third-order valence-electron chi connectivity index (χ3n) is 2.47. The van der Waals surface area contributed by atoms with E-state index in [-0.39, 0.29) is 5.91 Å². The summed E-state index contributed by atoms with van der Waals surface area (Å²) in [6.45, 7) is 6.66. The van der Waals surface area contributed by atoms with Gasteiger partial charge in [0.1, 0.15) is 5.70 Å². The minimum absolute atomic E-state index is 0.282. The summed E-state index contributed by atoms with van der Waals surface area (Å²) in [6.07, 6.45) is 0. The molecule has 0 spiro atoms. The minimum atomic E-state index is -1.62. The molecule has 0 radical (unpaired) electrons. The second-order valence-electron chi connectivity index (χ2n) is 5.09. The molecule has 1 aromatic rings. The summed E-state index contributed by atoms with van der Waals surface area (Å²) in [7, 11) is -1.62. The first-order valence-electron chi connectivity index (χ1n) is 5.86. The summed E-state index contributed by atoms with van der Waals surface area (Å²) >= 11 is 0. The van der Waals surface area contributed by atoms with E-state index < -0.39 is 8.32 Å². The van der Waals surface area contributed by atoms with Gasteiger partial charge in [-0.15, -0.1) is 10.2 Å². The van der Waals surface area contributed by atoms with E-state index in [0.717, 1.165) is 5.56 Å². The van der Waals surface area contributed by atoms with Crippen molar-refractivity contribution in [3.05, 3.63) is 41.6 Å². The monoisotopic (exact) mass is 260 g/mol. The standard InChI is InChI=1S/C13H16N2O2Si/c1-18(2,3)17-9-11-12(13(16)15-14-11)10-7-5-4-6-8-10/h4-8H,9H2,1-3H3. The average Bonchev–Trinajstić information content (AvgIpc) is 2.68. The molecule has 94 valence electrons. The lowest BCUT2D eigenvalue weighted by atomic mass is 10.0. The Bertz CT molecular complexity index is 516. The third kappa shape index (κ3) is 2.99. The molecule has 5 heteroatoms. The number of amides is 1. The van der Waals surface area contributed by atoms with Crippen LogP contribution in [-0.2, 0) is 9.22 Å². The number of rotatable bonds is 4. The molecule has 0 unspecified atom stereocenters. The quantitative estimate of drug-likeness (QED) is 0.780. The van der Waals surface area contributed by atoms with Gasteiger partial charge in [0.2, 0.25) is 0 Å². The highest BCUT2D eigenvalue weighted by atomic mass is 28.4. The number of nitrogens with zero attached hydrogens (tertiary/aromatic N) is 2.